The standard InChI is InChI=1S/C15H22ClN3O5S2/c1-25(21,22)17-9-11-4-3-5-13(11)18-15(20)10-6-7-12(16)14(8-10)19-26(2,23)24/h6-8,11,13,17,19H,3-5,9H2,1-2H3,(H,18,20)/t11-,13-/m1/s1. The Balaban J connectivity index is 2.08. The Morgan fingerprint density at radius 2 is 1.85 bits per heavy atom. The summed E-state index contributed by atoms with van der Waals surface area (Å²) in [6.45, 7) is 0.269. The molecule has 1 aromatic carbocycles. The number of halogens is 1. The minimum atomic E-state index is -3.53. The van der Waals surface area contributed by atoms with Crippen molar-refractivity contribution in [1.82, 2.24) is 10.0 Å². The minimum absolute atomic E-state index is 0.00888. The molecule has 0 radical (unpaired) electrons. The van der Waals surface area contributed by atoms with Gasteiger partial charge in [-0.15, -0.1) is 0 Å². The number of hydrogen-bond donors (Lipinski definition) is 3. The fourth-order valence-corrected chi connectivity index (χ4v) is 4.23. The van der Waals surface area contributed by atoms with Gasteiger partial charge in [-0.1, -0.05) is 18.0 Å². The van der Waals surface area contributed by atoms with Gasteiger partial charge in [0.05, 0.1) is 23.2 Å². The van der Waals surface area contributed by atoms with E-state index in [1.165, 1.54) is 18.2 Å². The summed E-state index contributed by atoms with van der Waals surface area (Å²) < 4.78 is 50.0. The zero-order chi connectivity index (χ0) is 19.5. The number of hydrogen-bond acceptors (Lipinski definition) is 5. The van der Waals surface area contributed by atoms with Crippen molar-refractivity contribution in [2.45, 2.75) is 25.3 Å². The first-order chi connectivity index (χ1) is 11.9. The largest absolute Gasteiger partial charge is 0.349 e. The third kappa shape index (κ3) is 6.42. The predicted molar refractivity (Wildman–Crippen MR) is 101 cm³/mol. The SMILES string of the molecule is CS(=O)(=O)NC[C@H]1CCC[C@H]1NC(=O)c1ccc(Cl)c(NS(C)(=O)=O)c1. The summed E-state index contributed by atoms with van der Waals surface area (Å²) in [6.07, 6.45) is 4.55. The van der Waals surface area contributed by atoms with Gasteiger partial charge in [0.25, 0.3) is 5.91 Å². The van der Waals surface area contributed by atoms with Gasteiger partial charge >= 0.3 is 0 Å². The Kier molecular flexibility index (Phi) is 6.54. The van der Waals surface area contributed by atoms with Crippen molar-refractivity contribution in [2.24, 2.45) is 5.92 Å². The van der Waals surface area contributed by atoms with Crippen molar-refractivity contribution in [3.05, 3.63) is 28.8 Å². The lowest BCUT2D eigenvalue weighted by molar-refractivity contribution is 0.0928. The number of rotatable bonds is 7. The van der Waals surface area contributed by atoms with Gasteiger partial charge in [0.2, 0.25) is 20.0 Å². The van der Waals surface area contributed by atoms with Gasteiger partial charge in [-0.05, 0) is 37.0 Å². The van der Waals surface area contributed by atoms with Gasteiger partial charge in [0.1, 0.15) is 0 Å². The molecule has 1 aliphatic rings. The molecule has 1 fully saturated rings. The molecule has 1 amide bonds. The average molecular weight is 424 g/mol. The molecule has 26 heavy (non-hydrogen) atoms. The highest BCUT2D eigenvalue weighted by Crippen LogP contribution is 2.27. The molecule has 2 atom stereocenters. The molecule has 2 rings (SSSR count). The molecule has 11 heteroatoms. The van der Waals surface area contributed by atoms with E-state index in [0.717, 1.165) is 31.8 Å². The molecule has 0 saturated heterocycles. The Morgan fingerprint density at radius 3 is 2.46 bits per heavy atom. The van der Waals surface area contributed by atoms with Crippen LogP contribution in [0.5, 0.6) is 0 Å². The highest BCUT2D eigenvalue weighted by atomic mass is 35.5. The number of anilines is 1. The molecular weight excluding hydrogens is 402 g/mol. The maximum Gasteiger partial charge on any atom is 0.251 e. The Labute approximate surface area is 158 Å². The van der Waals surface area contributed by atoms with E-state index in [2.05, 4.69) is 14.8 Å². The fourth-order valence-electron chi connectivity index (χ4n) is 2.93. The maximum absolute atomic E-state index is 12.5. The van der Waals surface area contributed by atoms with Crippen molar-refractivity contribution in [3.8, 4) is 0 Å². The monoisotopic (exact) mass is 423 g/mol. The second-order valence-corrected chi connectivity index (χ2v) is 10.4. The Morgan fingerprint density at radius 1 is 1.15 bits per heavy atom. The van der Waals surface area contributed by atoms with Crippen LogP contribution in [0.4, 0.5) is 5.69 Å². The first kappa shape index (κ1) is 20.9. The van der Waals surface area contributed by atoms with Gasteiger partial charge in [0.15, 0.2) is 0 Å². The van der Waals surface area contributed by atoms with E-state index in [0.29, 0.717) is 0 Å². The van der Waals surface area contributed by atoms with Crippen molar-refractivity contribution in [1.29, 1.82) is 0 Å². The second kappa shape index (κ2) is 8.12. The lowest BCUT2D eigenvalue weighted by Gasteiger charge is -2.21. The van der Waals surface area contributed by atoms with Crippen LogP contribution in [0.2, 0.25) is 5.02 Å². The summed E-state index contributed by atoms with van der Waals surface area (Å²) in [4.78, 5) is 12.5. The molecule has 3 N–H and O–H groups in total. The number of carbonyl (C=O) groups excluding carboxylic acids is 1. The Hall–Kier alpha value is -1.36. The number of amides is 1. The van der Waals surface area contributed by atoms with Crippen LogP contribution in [0.3, 0.4) is 0 Å². The molecular formula is C15H22ClN3O5S2. The van der Waals surface area contributed by atoms with Crippen molar-refractivity contribution >= 4 is 43.2 Å². The number of sulfonamides is 2. The molecule has 0 bridgehead atoms. The van der Waals surface area contributed by atoms with Gasteiger partial charge in [-0.3, -0.25) is 9.52 Å². The highest BCUT2D eigenvalue weighted by molar-refractivity contribution is 7.92. The summed E-state index contributed by atoms with van der Waals surface area (Å²) in [7, 11) is -6.81. The summed E-state index contributed by atoms with van der Waals surface area (Å²) in [5.74, 6) is -0.357. The summed E-state index contributed by atoms with van der Waals surface area (Å²) >= 11 is 5.96. The van der Waals surface area contributed by atoms with Crippen LogP contribution in [-0.2, 0) is 20.0 Å². The van der Waals surface area contributed by atoms with Crippen molar-refractivity contribution < 1.29 is 21.6 Å². The van der Waals surface area contributed by atoms with E-state index < -0.39 is 20.0 Å². The maximum atomic E-state index is 12.5. The lowest BCUT2D eigenvalue weighted by atomic mass is 10.0. The molecule has 0 aromatic heterocycles. The van der Waals surface area contributed by atoms with Crippen LogP contribution in [0.15, 0.2) is 18.2 Å². The van der Waals surface area contributed by atoms with Crippen LogP contribution < -0.4 is 14.8 Å². The summed E-state index contributed by atoms with van der Waals surface area (Å²) in [5.41, 5.74) is 0.394. The zero-order valence-electron chi connectivity index (χ0n) is 14.5. The Bertz CT molecular complexity index is 887. The van der Waals surface area contributed by atoms with Crippen molar-refractivity contribution in [2.75, 3.05) is 23.8 Å². The molecule has 0 aliphatic heterocycles. The van der Waals surface area contributed by atoms with E-state index in [9.17, 15) is 21.6 Å². The van der Waals surface area contributed by atoms with E-state index in [-0.39, 0.29) is 40.7 Å². The smallest absolute Gasteiger partial charge is 0.251 e. The van der Waals surface area contributed by atoms with Crippen LogP contribution in [0, 0.1) is 5.92 Å². The summed E-state index contributed by atoms with van der Waals surface area (Å²) in [5, 5.41) is 3.08. The van der Waals surface area contributed by atoms with Gasteiger partial charge < -0.3 is 5.32 Å². The number of carbonyl (C=O) groups is 1. The number of benzene rings is 1. The third-order valence-electron chi connectivity index (χ3n) is 4.11. The molecule has 0 unspecified atom stereocenters. The topological polar surface area (TPSA) is 121 Å². The minimum Gasteiger partial charge on any atom is -0.349 e. The number of nitrogens with one attached hydrogen (secondary N) is 3. The predicted octanol–water partition coefficient (Wildman–Crippen LogP) is 1.16. The van der Waals surface area contributed by atoms with Crippen LogP contribution in [0.1, 0.15) is 29.6 Å². The van der Waals surface area contributed by atoms with E-state index >= 15 is 0 Å². The highest BCUT2D eigenvalue weighted by Gasteiger charge is 2.29. The first-order valence-corrected chi connectivity index (χ1v) is 12.1. The van der Waals surface area contributed by atoms with Crippen LogP contribution in [-0.4, -0.2) is 47.8 Å². The molecule has 0 spiro atoms. The lowest BCUT2D eigenvalue weighted by Crippen LogP contribution is -2.41. The van der Waals surface area contributed by atoms with E-state index in [1.54, 1.807) is 0 Å². The van der Waals surface area contributed by atoms with Crippen LogP contribution >= 0.6 is 11.6 Å². The third-order valence-corrected chi connectivity index (χ3v) is 5.72. The van der Waals surface area contributed by atoms with E-state index in [4.69, 9.17) is 11.6 Å². The first-order valence-electron chi connectivity index (χ1n) is 7.97. The average Bonchev–Trinajstić information content (AvgIpc) is 2.92. The second-order valence-electron chi connectivity index (χ2n) is 6.46. The van der Waals surface area contributed by atoms with E-state index in [1.807, 2.05) is 0 Å². The normalized spacial score (nSPS) is 20.7. The molecule has 1 aromatic rings. The quantitative estimate of drug-likeness (QED) is 0.607. The van der Waals surface area contributed by atoms with Crippen molar-refractivity contribution in [3.63, 3.8) is 0 Å². The van der Waals surface area contributed by atoms with Gasteiger partial charge in [0, 0.05) is 18.2 Å². The molecule has 1 saturated carbocycles. The molecule has 146 valence electrons. The molecule has 8 nitrogen and oxygen atoms in total. The molecule has 1 aliphatic carbocycles. The van der Waals surface area contributed by atoms with Gasteiger partial charge in [-0.25, -0.2) is 21.6 Å². The summed E-state index contributed by atoms with van der Waals surface area (Å²) in [6, 6.07) is 4.17. The fraction of sp³-hybridized carbons (Fsp3) is 0.533. The molecule has 0 heterocycles. The zero-order valence-corrected chi connectivity index (χ0v) is 16.8. The van der Waals surface area contributed by atoms with Crippen LogP contribution in [0.25, 0.3) is 0 Å². The van der Waals surface area contributed by atoms with Gasteiger partial charge in [-0.2, -0.15) is 0 Å².